The number of rotatable bonds is 5. The van der Waals surface area contributed by atoms with Crippen LogP contribution in [0.4, 0.5) is 0 Å². The van der Waals surface area contributed by atoms with Crippen molar-refractivity contribution in [2.75, 3.05) is 13.1 Å². The Labute approximate surface area is 186 Å². The Bertz CT molecular complexity index is 1260. The Hall–Kier alpha value is -3.30. The van der Waals surface area contributed by atoms with E-state index in [0.29, 0.717) is 30.1 Å². The molecule has 0 unspecified atom stereocenters. The van der Waals surface area contributed by atoms with Crippen LogP contribution in [0.2, 0.25) is 0 Å². The van der Waals surface area contributed by atoms with Gasteiger partial charge in [-0.1, -0.05) is 36.4 Å². The summed E-state index contributed by atoms with van der Waals surface area (Å²) in [5.41, 5.74) is 4.85. The van der Waals surface area contributed by atoms with Crippen LogP contribution in [-0.2, 0) is 11.3 Å². The fraction of sp³-hybridized carbons (Fsp3) is 0.240. The van der Waals surface area contributed by atoms with E-state index in [1.54, 1.807) is 4.90 Å². The standard InChI is InChI=1S/C25H24N4OS/c1-4-27-25-28(5-2)24(30)23(31-25)14-21-17(3)29(22-13-9-8-12-20(21)22)16-19-11-7-6-10-18(19)15-26/h6-14H,4-5,16H2,1-3H3/b23-14-,27-25?. The Kier molecular flexibility index (Phi) is 5.97. The number of carbonyl (C=O) groups is 1. The number of aromatic nitrogens is 1. The first-order chi connectivity index (χ1) is 15.1. The van der Waals surface area contributed by atoms with E-state index >= 15 is 0 Å². The largest absolute Gasteiger partial charge is 0.340 e. The second-order valence-electron chi connectivity index (χ2n) is 7.29. The number of aliphatic imine (C=N–C) groups is 1. The molecule has 0 bridgehead atoms. The number of para-hydroxylation sites is 1. The predicted octanol–water partition coefficient (Wildman–Crippen LogP) is 5.18. The topological polar surface area (TPSA) is 61.4 Å². The van der Waals surface area contributed by atoms with E-state index in [1.807, 2.05) is 56.3 Å². The van der Waals surface area contributed by atoms with Crippen molar-refractivity contribution in [3.8, 4) is 6.07 Å². The predicted molar refractivity (Wildman–Crippen MR) is 128 cm³/mol. The van der Waals surface area contributed by atoms with E-state index in [4.69, 9.17) is 0 Å². The molecule has 0 radical (unpaired) electrons. The van der Waals surface area contributed by atoms with E-state index < -0.39 is 0 Å². The smallest absolute Gasteiger partial charge is 0.266 e. The highest BCUT2D eigenvalue weighted by atomic mass is 32.2. The van der Waals surface area contributed by atoms with Crippen LogP contribution < -0.4 is 0 Å². The summed E-state index contributed by atoms with van der Waals surface area (Å²) in [4.78, 5) is 19.9. The zero-order valence-corrected chi connectivity index (χ0v) is 18.7. The van der Waals surface area contributed by atoms with E-state index in [-0.39, 0.29) is 5.91 Å². The number of thioether (sulfide) groups is 1. The number of hydrogen-bond acceptors (Lipinski definition) is 4. The highest BCUT2D eigenvalue weighted by Gasteiger charge is 2.32. The quantitative estimate of drug-likeness (QED) is 0.526. The molecule has 0 atom stereocenters. The number of hydrogen-bond donors (Lipinski definition) is 0. The van der Waals surface area contributed by atoms with Crippen LogP contribution in [0, 0.1) is 18.3 Å². The summed E-state index contributed by atoms with van der Waals surface area (Å²) in [6, 6.07) is 18.2. The second-order valence-corrected chi connectivity index (χ2v) is 8.30. The van der Waals surface area contributed by atoms with Crippen molar-refractivity contribution in [2.24, 2.45) is 4.99 Å². The highest BCUT2D eigenvalue weighted by molar-refractivity contribution is 8.18. The van der Waals surface area contributed by atoms with Crippen molar-refractivity contribution in [1.82, 2.24) is 9.47 Å². The minimum Gasteiger partial charge on any atom is -0.340 e. The molecule has 1 fully saturated rings. The van der Waals surface area contributed by atoms with Gasteiger partial charge in [0.25, 0.3) is 5.91 Å². The third-order valence-electron chi connectivity index (χ3n) is 5.52. The monoisotopic (exact) mass is 428 g/mol. The molecule has 2 aromatic carbocycles. The van der Waals surface area contributed by atoms with Crippen molar-refractivity contribution in [3.05, 3.63) is 75.8 Å². The van der Waals surface area contributed by atoms with Crippen molar-refractivity contribution in [2.45, 2.75) is 27.3 Å². The van der Waals surface area contributed by atoms with Crippen molar-refractivity contribution >= 4 is 39.8 Å². The first kappa shape index (κ1) is 21.0. The van der Waals surface area contributed by atoms with Crippen molar-refractivity contribution in [3.63, 3.8) is 0 Å². The van der Waals surface area contributed by atoms with Gasteiger partial charge in [0.1, 0.15) is 0 Å². The molecule has 156 valence electrons. The normalized spacial score (nSPS) is 16.6. The highest BCUT2D eigenvalue weighted by Crippen LogP contribution is 2.36. The van der Waals surface area contributed by atoms with Gasteiger partial charge >= 0.3 is 0 Å². The van der Waals surface area contributed by atoms with Gasteiger partial charge in [-0.2, -0.15) is 5.26 Å². The number of carbonyl (C=O) groups excluding carboxylic acids is 1. The van der Waals surface area contributed by atoms with Crippen LogP contribution in [-0.4, -0.2) is 33.6 Å². The molecule has 3 aromatic rings. The molecular weight excluding hydrogens is 404 g/mol. The van der Waals surface area contributed by atoms with Gasteiger partial charge in [-0.15, -0.1) is 0 Å². The zero-order chi connectivity index (χ0) is 22.0. The minimum atomic E-state index is 0.00533. The van der Waals surface area contributed by atoms with Gasteiger partial charge in [-0.3, -0.25) is 14.7 Å². The molecule has 0 saturated carbocycles. The Morgan fingerprint density at radius 3 is 2.61 bits per heavy atom. The van der Waals surface area contributed by atoms with Crippen LogP contribution in [0.1, 0.15) is 36.2 Å². The lowest BCUT2D eigenvalue weighted by molar-refractivity contribution is -0.122. The van der Waals surface area contributed by atoms with Crippen molar-refractivity contribution < 1.29 is 4.79 Å². The maximum Gasteiger partial charge on any atom is 0.266 e. The number of likely N-dealkylation sites (N-methyl/N-ethyl adjacent to an activating group) is 1. The maximum atomic E-state index is 13.0. The van der Waals surface area contributed by atoms with Gasteiger partial charge in [0, 0.05) is 41.8 Å². The number of amides is 1. The van der Waals surface area contributed by atoms with Crippen LogP contribution in [0.25, 0.3) is 17.0 Å². The summed E-state index contributed by atoms with van der Waals surface area (Å²) < 4.78 is 2.22. The number of amidine groups is 1. The van der Waals surface area contributed by atoms with Gasteiger partial charge in [-0.25, -0.2) is 0 Å². The number of fused-ring (bicyclic) bond motifs is 1. The third kappa shape index (κ3) is 3.77. The average Bonchev–Trinajstić information content (AvgIpc) is 3.23. The zero-order valence-electron chi connectivity index (χ0n) is 17.9. The molecule has 1 amide bonds. The second kappa shape index (κ2) is 8.83. The average molecular weight is 429 g/mol. The number of nitrogens with zero attached hydrogens (tertiary/aromatic N) is 4. The molecule has 0 spiro atoms. The molecule has 0 aliphatic carbocycles. The first-order valence-corrected chi connectivity index (χ1v) is 11.2. The van der Waals surface area contributed by atoms with Gasteiger partial charge in [-0.05, 0) is 56.3 Å². The summed E-state index contributed by atoms with van der Waals surface area (Å²) in [6.45, 7) is 7.87. The molecule has 4 rings (SSSR count). The fourth-order valence-corrected chi connectivity index (χ4v) is 5.04. The maximum absolute atomic E-state index is 13.0. The van der Waals surface area contributed by atoms with Crippen LogP contribution in [0.3, 0.4) is 0 Å². The summed E-state index contributed by atoms with van der Waals surface area (Å²) in [5.74, 6) is 0.00533. The lowest BCUT2D eigenvalue weighted by atomic mass is 10.1. The summed E-state index contributed by atoms with van der Waals surface area (Å²) in [5, 5.41) is 11.4. The van der Waals surface area contributed by atoms with Crippen molar-refractivity contribution in [1.29, 1.82) is 5.26 Å². The van der Waals surface area contributed by atoms with E-state index in [2.05, 4.69) is 34.7 Å². The molecule has 0 N–H and O–H groups in total. The Balaban J connectivity index is 1.83. The lowest BCUT2D eigenvalue weighted by Crippen LogP contribution is -2.28. The molecule has 31 heavy (non-hydrogen) atoms. The summed E-state index contributed by atoms with van der Waals surface area (Å²) in [7, 11) is 0. The van der Waals surface area contributed by atoms with E-state index in [9.17, 15) is 10.1 Å². The van der Waals surface area contributed by atoms with E-state index in [0.717, 1.165) is 32.9 Å². The van der Waals surface area contributed by atoms with Gasteiger partial charge < -0.3 is 4.57 Å². The summed E-state index contributed by atoms with van der Waals surface area (Å²) >= 11 is 1.44. The molecule has 5 nitrogen and oxygen atoms in total. The lowest BCUT2D eigenvalue weighted by Gasteiger charge is -2.11. The Morgan fingerprint density at radius 2 is 1.87 bits per heavy atom. The molecule has 6 heteroatoms. The number of benzene rings is 2. The first-order valence-electron chi connectivity index (χ1n) is 10.4. The van der Waals surface area contributed by atoms with Gasteiger partial charge in [0.05, 0.1) is 16.5 Å². The summed E-state index contributed by atoms with van der Waals surface area (Å²) in [6.07, 6.45) is 2.00. The van der Waals surface area contributed by atoms with Gasteiger partial charge in [0.2, 0.25) is 0 Å². The number of nitriles is 1. The minimum absolute atomic E-state index is 0.00533. The molecule has 1 saturated heterocycles. The van der Waals surface area contributed by atoms with E-state index in [1.165, 1.54) is 11.8 Å². The van der Waals surface area contributed by atoms with Gasteiger partial charge in [0.15, 0.2) is 5.17 Å². The SMILES string of the molecule is CCN=C1S/C(=C\c2c(C)n(Cc3ccccc3C#N)c3ccccc23)C(=O)N1CC. The van der Waals surface area contributed by atoms with Crippen LogP contribution >= 0.6 is 11.8 Å². The fourth-order valence-electron chi connectivity index (χ4n) is 3.95. The molecule has 2 heterocycles. The van der Waals surface area contributed by atoms with Crippen LogP contribution in [0.15, 0.2) is 58.4 Å². The van der Waals surface area contributed by atoms with Crippen LogP contribution in [0.5, 0.6) is 0 Å². The molecule has 1 aromatic heterocycles. The third-order valence-corrected chi connectivity index (χ3v) is 6.56. The Morgan fingerprint density at radius 1 is 1.13 bits per heavy atom. The molecular formula is C25H24N4OS. The molecule has 1 aliphatic rings. The molecule has 1 aliphatic heterocycles.